The lowest BCUT2D eigenvalue weighted by atomic mass is 9.32. The van der Waals surface area contributed by atoms with Gasteiger partial charge >= 0.3 is 0 Å². The Morgan fingerprint density at radius 2 is 1.55 bits per heavy atom. The molecule has 250 valence electrons. The number of hydrogen-bond donors (Lipinski definition) is 5. The van der Waals surface area contributed by atoms with Crippen LogP contribution < -0.4 is 0 Å². The topological polar surface area (TPSA) is 129 Å². The molecule has 2 bridgehead atoms. The molecule has 8 heteroatoms. The quantitative estimate of drug-likeness (QED) is 0.238. The molecule has 2 saturated heterocycles. The van der Waals surface area contributed by atoms with Crippen LogP contribution in [-0.2, 0) is 14.2 Å². The molecule has 0 radical (unpaired) electrons. The first-order chi connectivity index (χ1) is 20.4. The van der Waals surface area contributed by atoms with Crippen molar-refractivity contribution in [1.82, 2.24) is 0 Å². The Morgan fingerprint density at radius 3 is 2.25 bits per heavy atom. The molecule has 6 fully saturated rings. The molecule has 1 spiro atoms. The van der Waals surface area contributed by atoms with E-state index in [-0.39, 0.29) is 50.3 Å². The lowest BCUT2D eigenvalue weighted by molar-refractivity contribution is -0.330. The second kappa shape index (κ2) is 9.74. The average molecular weight is 619 g/mol. The lowest BCUT2D eigenvalue weighted by Crippen LogP contribution is -2.72. The third-order valence-electron chi connectivity index (χ3n) is 15.7. The Morgan fingerprint density at radius 1 is 0.818 bits per heavy atom. The molecular weight excluding hydrogens is 560 g/mol. The van der Waals surface area contributed by atoms with E-state index >= 15 is 0 Å². The molecule has 5 N–H and O–H groups in total. The van der Waals surface area contributed by atoms with Crippen LogP contribution in [0.5, 0.6) is 0 Å². The fourth-order valence-electron chi connectivity index (χ4n) is 12.9. The SMILES string of the molecule is CC1(C)CC[C@]23CO[C@@]4(C=C[C@H]5[C@]6(C)CCC(O[C@@H]7OC(CO)C(O)C(O)C7O)C(C)(C)[C@H]6CC[C@]5(C)[C@@]4(C)CC2O)[C@@H]3C1. The highest BCUT2D eigenvalue weighted by atomic mass is 16.7. The van der Waals surface area contributed by atoms with E-state index in [0.29, 0.717) is 24.4 Å². The van der Waals surface area contributed by atoms with Crippen molar-refractivity contribution in [2.45, 2.75) is 148 Å². The van der Waals surface area contributed by atoms with Crippen LogP contribution in [0.1, 0.15) is 99.8 Å². The Hall–Kier alpha value is -0.580. The lowest BCUT2D eigenvalue weighted by Gasteiger charge is -2.73. The van der Waals surface area contributed by atoms with Gasteiger partial charge in [0.25, 0.3) is 0 Å². The molecule has 44 heavy (non-hydrogen) atoms. The third kappa shape index (κ3) is 3.80. The molecular formula is C36H58O8. The predicted molar refractivity (Wildman–Crippen MR) is 164 cm³/mol. The molecule has 0 aromatic heterocycles. The van der Waals surface area contributed by atoms with E-state index < -0.39 is 37.3 Å². The minimum absolute atomic E-state index is 0.00319. The van der Waals surface area contributed by atoms with Gasteiger partial charge in [0, 0.05) is 16.7 Å². The van der Waals surface area contributed by atoms with E-state index in [1.54, 1.807) is 0 Å². The van der Waals surface area contributed by atoms with Crippen molar-refractivity contribution in [3.05, 3.63) is 12.2 Å². The third-order valence-corrected chi connectivity index (χ3v) is 15.7. The summed E-state index contributed by atoms with van der Waals surface area (Å²) >= 11 is 0. The molecule has 0 aromatic rings. The van der Waals surface area contributed by atoms with Crippen LogP contribution >= 0.6 is 0 Å². The molecule has 0 amide bonds. The summed E-state index contributed by atoms with van der Waals surface area (Å²) in [6.07, 6.45) is 5.95. The van der Waals surface area contributed by atoms with Crippen molar-refractivity contribution in [3.8, 4) is 0 Å². The van der Waals surface area contributed by atoms with Crippen LogP contribution in [-0.4, -0.2) is 87.3 Å². The van der Waals surface area contributed by atoms with E-state index in [1.165, 1.54) is 0 Å². The maximum absolute atomic E-state index is 12.0. The zero-order valence-corrected chi connectivity index (χ0v) is 28.0. The summed E-state index contributed by atoms with van der Waals surface area (Å²) in [5.41, 5.74) is -0.744. The van der Waals surface area contributed by atoms with Gasteiger partial charge in [-0.3, -0.25) is 0 Å². The number of hydrogen-bond acceptors (Lipinski definition) is 8. The van der Waals surface area contributed by atoms with E-state index in [0.717, 1.165) is 51.4 Å². The molecule has 4 saturated carbocycles. The summed E-state index contributed by atoms with van der Waals surface area (Å²) in [5.74, 6) is 0.980. The van der Waals surface area contributed by atoms with Crippen molar-refractivity contribution < 1.29 is 39.7 Å². The number of ether oxygens (including phenoxy) is 3. The van der Waals surface area contributed by atoms with E-state index in [9.17, 15) is 25.5 Å². The highest BCUT2D eigenvalue weighted by molar-refractivity contribution is 5.36. The van der Waals surface area contributed by atoms with E-state index in [1.807, 2.05) is 0 Å². The summed E-state index contributed by atoms with van der Waals surface area (Å²) in [4.78, 5) is 0. The van der Waals surface area contributed by atoms with Gasteiger partial charge in [0.05, 0.1) is 31.0 Å². The second-order valence-electron chi connectivity index (χ2n) is 18.3. The van der Waals surface area contributed by atoms with Gasteiger partial charge in [0.1, 0.15) is 24.4 Å². The smallest absolute Gasteiger partial charge is 0.186 e. The number of aliphatic hydroxyl groups is 5. The number of rotatable bonds is 3. The average Bonchev–Trinajstić information content (AvgIpc) is 3.22. The molecule has 8 nitrogen and oxygen atoms in total. The Balaban J connectivity index is 1.20. The normalized spacial score (nSPS) is 58.8. The van der Waals surface area contributed by atoms with Crippen molar-refractivity contribution in [2.75, 3.05) is 13.2 Å². The maximum atomic E-state index is 12.0. The summed E-state index contributed by atoms with van der Waals surface area (Å²) in [6.45, 7) is 16.9. The van der Waals surface area contributed by atoms with Crippen molar-refractivity contribution in [1.29, 1.82) is 0 Å². The van der Waals surface area contributed by atoms with Crippen LogP contribution in [0.3, 0.4) is 0 Å². The molecule has 5 aliphatic carbocycles. The van der Waals surface area contributed by atoms with E-state index in [2.05, 4.69) is 60.6 Å². The molecule has 2 aliphatic heterocycles. The molecule has 2 heterocycles. The fraction of sp³-hybridized carbons (Fsp3) is 0.944. The van der Waals surface area contributed by atoms with Gasteiger partial charge < -0.3 is 39.7 Å². The van der Waals surface area contributed by atoms with Crippen LogP contribution in [0.2, 0.25) is 0 Å². The Labute approximate surface area is 263 Å². The highest BCUT2D eigenvalue weighted by Crippen LogP contribution is 2.79. The van der Waals surface area contributed by atoms with Gasteiger partial charge in [-0.2, -0.15) is 0 Å². The van der Waals surface area contributed by atoms with Gasteiger partial charge in [-0.15, -0.1) is 0 Å². The van der Waals surface area contributed by atoms with Gasteiger partial charge in [-0.25, -0.2) is 0 Å². The van der Waals surface area contributed by atoms with Crippen molar-refractivity contribution >= 4 is 0 Å². The fourth-order valence-corrected chi connectivity index (χ4v) is 12.9. The number of fused-ring (bicyclic) bond motifs is 4. The molecule has 15 atom stereocenters. The van der Waals surface area contributed by atoms with Crippen molar-refractivity contribution in [3.63, 3.8) is 0 Å². The van der Waals surface area contributed by atoms with Crippen LogP contribution in [0, 0.1) is 50.2 Å². The predicted octanol–water partition coefficient (Wildman–Crippen LogP) is 3.95. The summed E-state index contributed by atoms with van der Waals surface area (Å²) in [5, 5.41) is 53.1. The largest absolute Gasteiger partial charge is 0.394 e. The van der Waals surface area contributed by atoms with Crippen molar-refractivity contribution in [2.24, 2.45) is 50.2 Å². The molecule has 0 aromatic carbocycles. The highest BCUT2D eigenvalue weighted by Gasteiger charge is 2.79. The van der Waals surface area contributed by atoms with Gasteiger partial charge in [0.15, 0.2) is 6.29 Å². The summed E-state index contributed by atoms with van der Waals surface area (Å²) < 4.78 is 19.3. The minimum Gasteiger partial charge on any atom is -0.394 e. The molecule has 7 aliphatic rings. The van der Waals surface area contributed by atoms with Gasteiger partial charge in [-0.05, 0) is 84.9 Å². The van der Waals surface area contributed by atoms with Crippen LogP contribution in [0.4, 0.5) is 0 Å². The van der Waals surface area contributed by atoms with Crippen LogP contribution in [0.25, 0.3) is 0 Å². The first kappa shape index (κ1) is 32.0. The zero-order chi connectivity index (χ0) is 31.9. The van der Waals surface area contributed by atoms with E-state index in [4.69, 9.17) is 14.2 Å². The first-order valence-electron chi connectivity index (χ1n) is 17.4. The number of allylic oxidation sites excluding steroid dienone is 1. The standard InChI is InChI=1S/C36H58O8/c1-30(2)14-15-35-19-42-36(23(35)16-30)13-9-22-32(5)11-10-25(44-29-28(41)27(40)26(39)20(18-37)43-29)31(3,4)21(32)8-12-33(22,6)34(36,7)17-24(35)38/h9,13,20-29,37-41H,8,10-12,14-19H2,1-7H3/t20?,21-,22+,23-,24?,25?,26?,27?,28?,29+,32-,33+,34-,35-,36+/m1/s1. The maximum Gasteiger partial charge on any atom is 0.186 e. The number of aliphatic hydroxyl groups excluding tert-OH is 5. The summed E-state index contributed by atoms with van der Waals surface area (Å²) in [6, 6.07) is 0. The van der Waals surface area contributed by atoms with Crippen LogP contribution in [0.15, 0.2) is 12.2 Å². The Kier molecular flexibility index (Phi) is 7.08. The molecule has 7 rings (SSSR count). The minimum atomic E-state index is -1.45. The molecule has 6 unspecified atom stereocenters. The van der Waals surface area contributed by atoms with Gasteiger partial charge in [0.2, 0.25) is 0 Å². The summed E-state index contributed by atoms with van der Waals surface area (Å²) in [7, 11) is 0. The Bertz CT molecular complexity index is 1180. The monoisotopic (exact) mass is 618 g/mol. The second-order valence-corrected chi connectivity index (χ2v) is 18.3. The van der Waals surface area contributed by atoms with Gasteiger partial charge in [-0.1, -0.05) is 60.6 Å². The first-order valence-corrected chi connectivity index (χ1v) is 17.4. The zero-order valence-electron chi connectivity index (χ0n) is 28.0.